The average molecular weight is 247 g/mol. The van der Waals surface area contributed by atoms with Gasteiger partial charge in [-0.3, -0.25) is 4.40 Å². The van der Waals surface area contributed by atoms with Gasteiger partial charge in [-0.25, -0.2) is 4.98 Å². The molecule has 1 aliphatic rings. The van der Waals surface area contributed by atoms with Crippen molar-refractivity contribution in [3.8, 4) is 0 Å². The van der Waals surface area contributed by atoms with Gasteiger partial charge in [0.1, 0.15) is 5.82 Å². The number of hydrogen-bond acceptors (Lipinski definition) is 5. The molecule has 1 saturated heterocycles. The lowest BCUT2D eigenvalue weighted by atomic mass is 10.2. The van der Waals surface area contributed by atoms with E-state index in [9.17, 15) is 0 Å². The molecule has 6 heteroatoms. The zero-order valence-corrected chi connectivity index (χ0v) is 10.7. The Morgan fingerprint density at radius 2 is 2.33 bits per heavy atom. The van der Waals surface area contributed by atoms with E-state index in [2.05, 4.69) is 27.4 Å². The van der Waals surface area contributed by atoms with Gasteiger partial charge in [0.25, 0.3) is 5.78 Å². The molecule has 0 aliphatic carbocycles. The molecule has 96 valence electrons. The number of rotatable bonds is 2. The van der Waals surface area contributed by atoms with Gasteiger partial charge in [-0.2, -0.15) is 0 Å². The summed E-state index contributed by atoms with van der Waals surface area (Å²) in [4.78, 5) is 4.39. The summed E-state index contributed by atoms with van der Waals surface area (Å²) < 4.78 is 7.47. The van der Waals surface area contributed by atoms with Gasteiger partial charge in [-0.15, -0.1) is 10.2 Å². The van der Waals surface area contributed by atoms with Crippen LogP contribution in [0.4, 0.5) is 0 Å². The SMILES string of the molecule is Cc1cc(C)n2c(CC3COCCN3)nnc2n1. The van der Waals surface area contributed by atoms with E-state index >= 15 is 0 Å². The van der Waals surface area contributed by atoms with Crippen LogP contribution in [-0.2, 0) is 11.2 Å². The van der Waals surface area contributed by atoms with Crippen molar-refractivity contribution in [2.75, 3.05) is 19.8 Å². The van der Waals surface area contributed by atoms with E-state index in [0.29, 0.717) is 11.8 Å². The van der Waals surface area contributed by atoms with E-state index in [0.717, 1.165) is 43.4 Å². The Hall–Kier alpha value is -1.53. The molecule has 1 fully saturated rings. The molecule has 2 aromatic heterocycles. The highest BCUT2D eigenvalue weighted by atomic mass is 16.5. The average Bonchev–Trinajstić information content (AvgIpc) is 2.73. The number of hydrogen-bond donors (Lipinski definition) is 1. The van der Waals surface area contributed by atoms with Gasteiger partial charge in [0.15, 0.2) is 0 Å². The summed E-state index contributed by atoms with van der Waals surface area (Å²) in [6.07, 6.45) is 0.812. The second kappa shape index (κ2) is 4.62. The molecule has 2 aromatic rings. The third-order valence-electron chi connectivity index (χ3n) is 3.19. The summed E-state index contributed by atoms with van der Waals surface area (Å²) in [5, 5.41) is 11.8. The Balaban J connectivity index is 1.92. The maximum absolute atomic E-state index is 5.46. The quantitative estimate of drug-likeness (QED) is 0.825. The highest BCUT2D eigenvalue weighted by molar-refractivity contribution is 5.32. The van der Waals surface area contributed by atoms with Crippen LogP contribution in [0.15, 0.2) is 6.07 Å². The van der Waals surface area contributed by atoms with Crippen molar-refractivity contribution in [3.05, 3.63) is 23.3 Å². The lowest BCUT2D eigenvalue weighted by Crippen LogP contribution is -2.42. The molecule has 1 atom stereocenters. The molecular weight excluding hydrogens is 230 g/mol. The van der Waals surface area contributed by atoms with Gasteiger partial charge in [0, 0.05) is 30.4 Å². The number of morpholine rings is 1. The fraction of sp³-hybridized carbons (Fsp3) is 0.583. The van der Waals surface area contributed by atoms with Gasteiger partial charge in [0.2, 0.25) is 0 Å². The van der Waals surface area contributed by atoms with Crippen LogP contribution in [0.2, 0.25) is 0 Å². The number of nitrogens with zero attached hydrogens (tertiary/aromatic N) is 4. The molecule has 6 nitrogen and oxygen atoms in total. The first-order valence-corrected chi connectivity index (χ1v) is 6.23. The number of fused-ring (bicyclic) bond motifs is 1. The van der Waals surface area contributed by atoms with Crippen molar-refractivity contribution in [1.82, 2.24) is 24.9 Å². The highest BCUT2D eigenvalue weighted by Gasteiger charge is 2.18. The van der Waals surface area contributed by atoms with Crippen LogP contribution in [0.5, 0.6) is 0 Å². The Labute approximate surface area is 105 Å². The van der Waals surface area contributed by atoms with Crippen LogP contribution in [0.25, 0.3) is 5.78 Å². The minimum atomic E-state index is 0.312. The largest absolute Gasteiger partial charge is 0.379 e. The summed E-state index contributed by atoms with van der Waals surface area (Å²) in [7, 11) is 0. The number of aromatic nitrogens is 4. The van der Waals surface area contributed by atoms with E-state index in [1.807, 2.05) is 17.4 Å². The lowest BCUT2D eigenvalue weighted by molar-refractivity contribution is 0.0763. The van der Waals surface area contributed by atoms with Crippen LogP contribution in [0.1, 0.15) is 17.2 Å². The summed E-state index contributed by atoms with van der Waals surface area (Å²) in [5.41, 5.74) is 2.09. The van der Waals surface area contributed by atoms with Gasteiger partial charge in [0.05, 0.1) is 13.2 Å². The molecule has 3 rings (SSSR count). The molecule has 1 aliphatic heterocycles. The van der Waals surface area contributed by atoms with Gasteiger partial charge < -0.3 is 10.1 Å². The zero-order chi connectivity index (χ0) is 12.5. The Bertz CT molecular complexity index is 559. The molecular formula is C12H17N5O. The molecule has 0 spiro atoms. The van der Waals surface area contributed by atoms with Crippen molar-refractivity contribution >= 4 is 5.78 Å². The van der Waals surface area contributed by atoms with Crippen LogP contribution >= 0.6 is 0 Å². The predicted octanol–water partition coefficient (Wildman–Crippen LogP) is 0.272. The zero-order valence-electron chi connectivity index (χ0n) is 10.7. The lowest BCUT2D eigenvalue weighted by Gasteiger charge is -2.23. The highest BCUT2D eigenvalue weighted by Crippen LogP contribution is 2.10. The van der Waals surface area contributed by atoms with Crippen LogP contribution in [0, 0.1) is 13.8 Å². The minimum absolute atomic E-state index is 0.312. The molecule has 1 N–H and O–H groups in total. The van der Waals surface area contributed by atoms with Crippen molar-refractivity contribution in [3.63, 3.8) is 0 Å². The number of ether oxygens (including phenoxy) is 1. The minimum Gasteiger partial charge on any atom is -0.379 e. The topological polar surface area (TPSA) is 64.3 Å². The normalized spacial score (nSPS) is 20.4. The van der Waals surface area contributed by atoms with E-state index in [1.165, 1.54) is 0 Å². The summed E-state index contributed by atoms with van der Waals surface area (Å²) in [6, 6.07) is 2.36. The third kappa shape index (κ3) is 2.09. The maximum atomic E-state index is 5.46. The van der Waals surface area contributed by atoms with E-state index in [4.69, 9.17) is 4.74 Å². The molecule has 0 saturated carbocycles. The van der Waals surface area contributed by atoms with Gasteiger partial charge >= 0.3 is 0 Å². The predicted molar refractivity (Wildman–Crippen MR) is 66.6 cm³/mol. The van der Waals surface area contributed by atoms with Crippen molar-refractivity contribution < 1.29 is 4.74 Å². The molecule has 1 unspecified atom stereocenters. The van der Waals surface area contributed by atoms with Gasteiger partial charge in [-0.05, 0) is 19.9 Å². The fourth-order valence-electron chi connectivity index (χ4n) is 2.40. The third-order valence-corrected chi connectivity index (χ3v) is 3.19. The monoisotopic (exact) mass is 247 g/mol. The van der Waals surface area contributed by atoms with Crippen LogP contribution in [-0.4, -0.2) is 45.4 Å². The molecule has 3 heterocycles. The first-order valence-electron chi connectivity index (χ1n) is 6.23. The standard InChI is InChI=1S/C12H17N5O/c1-8-5-9(2)17-11(15-16-12(17)14-8)6-10-7-18-4-3-13-10/h5,10,13H,3-4,6-7H2,1-2H3. The first-order chi connectivity index (χ1) is 8.74. The summed E-state index contributed by atoms with van der Waals surface area (Å²) >= 11 is 0. The molecule has 0 bridgehead atoms. The van der Waals surface area contributed by atoms with Crippen molar-refractivity contribution in [1.29, 1.82) is 0 Å². The molecule has 0 aromatic carbocycles. The van der Waals surface area contributed by atoms with E-state index in [-0.39, 0.29) is 0 Å². The van der Waals surface area contributed by atoms with E-state index in [1.54, 1.807) is 0 Å². The van der Waals surface area contributed by atoms with Crippen LogP contribution < -0.4 is 5.32 Å². The van der Waals surface area contributed by atoms with Crippen LogP contribution in [0.3, 0.4) is 0 Å². The molecule has 0 amide bonds. The Morgan fingerprint density at radius 1 is 1.44 bits per heavy atom. The van der Waals surface area contributed by atoms with Crippen molar-refractivity contribution in [2.45, 2.75) is 26.3 Å². The molecule has 0 radical (unpaired) electrons. The number of aryl methyl sites for hydroxylation is 2. The second-order valence-corrected chi connectivity index (χ2v) is 4.72. The molecule has 18 heavy (non-hydrogen) atoms. The van der Waals surface area contributed by atoms with Crippen molar-refractivity contribution in [2.24, 2.45) is 0 Å². The smallest absolute Gasteiger partial charge is 0.255 e. The fourth-order valence-corrected chi connectivity index (χ4v) is 2.40. The van der Waals surface area contributed by atoms with E-state index < -0.39 is 0 Å². The second-order valence-electron chi connectivity index (χ2n) is 4.72. The summed E-state index contributed by atoms with van der Waals surface area (Å²) in [5.74, 6) is 1.62. The Kier molecular flexibility index (Phi) is 2.97. The Morgan fingerprint density at radius 3 is 3.11 bits per heavy atom. The summed E-state index contributed by atoms with van der Waals surface area (Å²) in [6.45, 7) is 6.44. The maximum Gasteiger partial charge on any atom is 0.255 e. The first kappa shape index (κ1) is 11.6. The van der Waals surface area contributed by atoms with Gasteiger partial charge in [-0.1, -0.05) is 0 Å². The number of nitrogens with one attached hydrogen (secondary N) is 1.